The minimum Gasteiger partial charge on any atom is -0.558 e. The third-order valence-corrected chi connectivity index (χ3v) is 12.6. The normalized spacial score (nSPS) is 33.7. The second-order valence-corrected chi connectivity index (χ2v) is 10.9. The van der Waals surface area contributed by atoms with Crippen LogP contribution in [0.5, 0.6) is 0 Å². The Kier molecular flexibility index (Phi) is 5.29. The van der Waals surface area contributed by atoms with Crippen molar-refractivity contribution in [3.05, 3.63) is 21.7 Å². The quantitative estimate of drug-likeness (QED) is 0.434. The largest absolute Gasteiger partial charge is 0.558 e. The molecule has 0 spiro atoms. The van der Waals surface area contributed by atoms with E-state index in [1.807, 2.05) is 0 Å². The molecule has 0 aliphatic heterocycles. The standard InChI is InChI=1S/C17H36OSi3/c1-10-11(2)15(4,5)16(6,7)17(8,12(10)3)13(19)14(20)18-21-9/h11H,21H2,1-9,19-20H3. The van der Waals surface area contributed by atoms with E-state index in [2.05, 4.69) is 61.9 Å². The highest BCUT2D eigenvalue weighted by atomic mass is 28.2. The van der Waals surface area contributed by atoms with Crippen LogP contribution in [-0.4, -0.2) is 30.2 Å². The second-order valence-electron chi connectivity index (χ2n) is 8.12. The van der Waals surface area contributed by atoms with Crippen molar-refractivity contribution in [3.8, 4) is 0 Å². The van der Waals surface area contributed by atoms with Crippen molar-refractivity contribution >= 4 is 30.2 Å². The van der Waals surface area contributed by atoms with Crippen LogP contribution in [0.3, 0.4) is 0 Å². The Labute approximate surface area is 140 Å². The molecule has 2 atom stereocenters. The van der Waals surface area contributed by atoms with Gasteiger partial charge in [0.05, 0.1) is 10.2 Å². The van der Waals surface area contributed by atoms with E-state index in [1.54, 1.807) is 16.3 Å². The Hall–Kier alpha value is -0.0694. The van der Waals surface area contributed by atoms with E-state index < -0.39 is 0 Å². The van der Waals surface area contributed by atoms with Crippen molar-refractivity contribution in [2.24, 2.45) is 22.2 Å². The van der Waals surface area contributed by atoms with Crippen LogP contribution in [0.1, 0.15) is 55.4 Å². The molecule has 0 bridgehead atoms. The SMILES string of the molecule is C[SiH2]OC([SiH3])=C([SiH3])C1(C)C(C)=C(C)C(C)C(C)(C)C1(C)C. The summed E-state index contributed by atoms with van der Waals surface area (Å²) in [5, 5.41) is 2.97. The summed E-state index contributed by atoms with van der Waals surface area (Å²) in [7, 11) is 1.79. The van der Waals surface area contributed by atoms with Crippen molar-refractivity contribution in [2.75, 3.05) is 0 Å². The number of hydrogen-bond donors (Lipinski definition) is 0. The zero-order valence-corrected chi connectivity index (χ0v) is 21.6. The Morgan fingerprint density at radius 1 is 1.10 bits per heavy atom. The lowest BCUT2D eigenvalue weighted by molar-refractivity contribution is -0.0295. The minimum absolute atomic E-state index is 0.153. The average molecular weight is 341 g/mol. The summed E-state index contributed by atoms with van der Waals surface area (Å²) in [6.07, 6.45) is 0. The van der Waals surface area contributed by atoms with Crippen LogP contribution in [0.15, 0.2) is 21.7 Å². The van der Waals surface area contributed by atoms with Gasteiger partial charge in [0.2, 0.25) is 9.76 Å². The van der Waals surface area contributed by atoms with Crippen LogP contribution in [0.4, 0.5) is 0 Å². The Bertz CT molecular complexity index is 488. The summed E-state index contributed by atoms with van der Waals surface area (Å²) in [5.74, 6) is 0.633. The van der Waals surface area contributed by atoms with Crippen molar-refractivity contribution < 1.29 is 4.43 Å². The van der Waals surface area contributed by atoms with E-state index in [0.29, 0.717) is 5.92 Å². The van der Waals surface area contributed by atoms with E-state index in [-0.39, 0.29) is 26.0 Å². The Morgan fingerprint density at radius 2 is 1.57 bits per heavy atom. The third-order valence-electron chi connectivity index (χ3n) is 7.57. The maximum Gasteiger partial charge on any atom is 0.215 e. The van der Waals surface area contributed by atoms with Crippen LogP contribution in [0.25, 0.3) is 0 Å². The fraction of sp³-hybridized carbons (Fsp3) is 0.765. The molecule has 0 saturated heterocycles. The van der Waals surface area contributed by atoms with Gasteiger partial charge in [-0.2, -0.15) is 0 Å². The van der Waals surface area contributed by atoms with Gasteiger partial charge in [0.25, 0.3) is 0 Å². The highest BCUT2D eigenvalue weighted by Crippen LogP contribution is 2.65. The summed E-state index contributed by atoms with van der Waals surface area (Å²) in [6, 6.07) is 0. The Morgan fingerprint density at radius 3 is 2.00 bits per heavy atom. The smallest absolute Gasteiger partial charge is 0.215 e. The van der Waals surface area contributed by atoms with Crippen molar-refractivity contribution in [1.82, 2.24) is 0 Å². The predicted molar refractivity (Wildman–Crippen MR) is 106 cm³/mol. The molecule has 21 heavy (non-hydrogen) atoms. The third kappa shape index (κ3) is 2.47. The molecule has 0 heterocycles. The molecule has 2 unspecified atom stereocenters. The fourth-order valence-corrected chi connectivity index (χ4v) is 7.79. The molecule has 122 valence electrons. The first-order valence-corrected chi connectivity index (χ1v) is 12.3. The molecule has 0 N–H and O–H groups in total. The molecule has 0 fully saturated rings. The summed E-state index contributed by atoms with van der Waals surface area (Å²) in [4.78, 5) is 0. The van der Waals surface area contributed by atoms with Gasteiger partial charge >= 0.3 is 0 Å². The van der Waals surface area contributed by atoms with Crippen LogP contribution in [0, 0.1) is 22.2 Å². The van der Waals surface area contributed by atoms with Gasteiger partial charge in [0, 0.05) is 21.0 Å². The fourth-order valence-electron chi connectivity index (χ4n) is 4.34. The lowest BCUT2D eigenvalue weighted by Gasteiger charge is -2.62. The van der Waals surface area contributed by atoms with Crippen LogP contribution >= 0.6 is 0 Å². The minimum atomic E-state index is -0.359. The lowest BCUT2D eigenvalue weighted by Crippen LogP contribution is -2.54. The first-order chi connectivity index (χ1) is 9.37. The van der Waals surface area contributed by atoms with Crippen molar-refractivity contribution in [3.63, 3.8) is 0 Å². The van der Waals surface area contributed by atoms with Gasteiger partial charge in [0.1, 0.15) is 0 Å². The van der Waals surface area contributed by atoms with Gasteiger partial charge in [0.15, 0.2) is 0 Å². The van der Waals surface area contributed by atoms with Gasteiger partial charge in [-0.25, -0.2) is 0 Å². The van der Waals surface area contributed by atoms with Crippen molar-refractivity contribution in [2.45, 2.75) is 61.9 Å². The molecule has 0 aromatic carbocycles. The van der Waals surface area contributed by atoms with E-state index in [9.17, 15) is 0 Å². The summed E-state index contributed by atoms with van der Waals surface area (Å²) in [5.41, 5.74) is 3.86. The molecule has 0 amide bonds. The second kappa shape index (κ2) is 5.85. The lowest BCUT2D eigenvalue weighted by atomic mass is 9.44. The van der Waals surface area contributed by atoms with Crippen LogP contribution < -0.4 is 0 Å². The summed E-state index contributed by atoms with van der Waals surface area (Å²) >= 11 is 0. The van der Waals surface area contributed by atoms with Crippen LogP contribution in [0.2, 0.25) is 6.55 Å². The number of hydrogen-bond acceptors (Lipinski definition) is 1. The monoisotopic (exact) mass is 340 g/mol. The average Bonchev–Trinajstić information content (AvgIpc) is 2.41. The van der Waals surface area contributed by atoms with E-state index in [1.165, 1.54) is 5.38 Å². The van der Waals surface area contributed by atoms with Gasteiger partial charge in [-0.15, -0.1) is 0 Å². The molecule has 1 rings (SSSR count). The number of allylic oxidation sites excluding steroid dienone is 3. The molecule has 1 nitrogen and oxygen atoms in total. The number of rotatable bonds is 3. The van der Waals surface area contributed by atoms with Crippen LogP contribution in [-0.2, 0) is 4.43 Å². The molecule has 0 aromatic heterocycles. The van der Waals surface area contributed by atoms with E-state index in [4.69, 9.17) is 4.43 Å². The van der Waals surface area contributed by atoms with E-state index in [0.717, 1.165) is 20.5 Å². The highest BCUT2D eigenvalue weighted by molar-refractivity contribution is 6.35. The Balaban J connectivity index is 3.69. The first-order valence-electron chi connectivity index (χ1n) is 8.35. The predicted octanol–water partition coefficient (Wildman–Crippen LogP) is 2.08. The van der Waals surface area contributed by atoms with Gasteiger partial charge < -0.3 is 4.43 Å². The molecule has 0 radical (unpaired) electrons. The molecular weight excluding hydrogens is 304 g/mol. The van der Waals surface area contributed by atoms with Gasteiger partial charge in [-0.3, -0.25) is 0 Å². The maximum atomic E-state index is 6.09. The zero-order chi connectivity index (χ0) is 16.8. The molecule has 1 aliphatic carbocycles. The molecule has 0 aromatic rings. The zero-order valence-electron chi connectivity index (χ0n) is 16.2. The molecular formula is C17H36OSi3. The molecule has 4 heteroatoms. The molecule has 1 aliphatic rings. The van der Waals surface area contributed by atoms with E-state index >= 15 is 0 Å². The highest BCUT2D eigenvalue weighted by Gasteiger charge is 2.57. The van der Waals surface area contributed by atoms with Gasteiger partial charge in [-0.1, -0.05) is 57.9 Å². The van der Waals surface area contributed by atoms with Crippen molar-refractivity contribution in [1.29, 1.82) is 0 Å². The van der Waals surface area contributed by atoms with Gasteiger partial charge in [-0.05, 0) is 37.1 Å². The summed E-state index contributed by atoms with van der Waals surface area (Å²) < 4.78 is 6.09. The topological polar surface area (TPSA) is 9.23 Å². The summed E-state index contributed by atoms with van der Waals surface area (Å²) in [6.45, 7) is 21.7. The first kappa shape index (κ1) is 19.0. The maximum absolute atomic E-state index is 6.09. The molecule has 0 saturated carbocycles.